The molecule has 1 N–H and O–H groups in total. The van der Waals surface area contributed by atoms with E-state index in [-0.39, 0.29) is 22.7 Å². The Morgan fingerprint density at radius 3 is 2.58 bits per heavy atom. The average molecular weight is 323 g/mol. The second kappa shape index (κ2) is 7.56. The summed E-state index contributed by atoms with van der Waals surface area (Å²) in [6.07, 6.45) is 1.45. The van der Waals surface area contributed by atoms with E-state index < -0.39 is 10.8 Å². The number of rotatable bonds is 5. The van der Waals surface area contributed by atoms with Crippen LogP contribution in [0.4, 0.5) is 11.4 Å². The number of amides is 1. The number of hydrogen-bond acceptors (Lipinski definition) is 5. The van der Waals surface area contributed by atoms with Crippen LogP contribution in [0.1, 0.15) is 5.56 Å². The normalized spacial score (nSPS) is 10.6. The lowest BCUT2D eigenvalue weighted by Gasteiger charge is -2.09. The van der Waals surface area contributed by atoms with Gasteiger partial charge in [0.05, 0.1) is 23.8 Å². The number of carbonyl (C=O) groups excluding carboxylic acids is 1. The second-order valence-electron chi connectivity index (χ2n) is 4.68. The zero-order valence-corrected chi connectivity index (χ0v) is 12.7. The lowest BCUT2D eigenvalue weighted by molar-refractivity contribution is -0.384. The van der Waals surface area contributed by atoms with Crippen LogP contribution in [0.25, 0.3) is 6.08 Å². The van der Waals surface area contributed by atoms with E-state index in [9.17, 15) is 20.2 Å². The van der Waals surface area contributed by atoms with Crippen LogP contribution in [0.2, 0.25) is 0 Å². The average Bonchev–Trinajstić information content (AvgIpc) is 2.60. The molecular weight excluding hydrogens is 310 g/mol. The summed E-state index contributed by atoms with van der Waals surface area (Å²) in [5, 5.41) is 22.5. The summed E-state index contributed by atoms with van der Waals surface area (Å²) in [6.45, 7) is 0. The molecule has 2 aromatic carbocycles. The molecule has 0 unspecified atom stereocenters. The fourth-order valence-corrected chi connectivity index (χ4v) is 1.95. The van der Waals surface area contributed by atoms with Gasteiger partial charge in [0.2, 0.25) is 0 Å². The highest BCUT2D eigenvalue weighted by Crippen LogP contribution is 2.29. The molecule has 0 radical (unpaired) electrons. The van der Waals surface area contributed by atoms with E-state index in [2.05, 4.69) is 5.32 Å². The van der Waals surface area contributed by atoms with Gasteiger partial charge in [0.15, 0.2) is 0 Å². The maximum absolute atomic E-state index is 12.2. The number of nitriles is 1. The Bertz CT molecular complexity index is 839. The van der Waals surface area contributed by atoms with E-state index >= 15 is 0 Å². The van der Waals surface area contributed by atoms with Gasteiger partial charge in [-0.3, -0.25) is 14.9 Å². The van der Waals surface area contributed by atoms with Crippen LogP contribution < -0.4 is 10.1 Å². The molecule has 24 heavy (non-hydrogen) atoms. The Labute approximate surface area is 137 Å². The van der Waals surface area contributed by atoms with Crippen LogP contribution in [0.15, 0.2) is 54.1 Å². The fraction of sp³-hybridized carbons (Fsp3) is 0.0588. The van der Waals surface area contributed by atoms with Gasteiger partial charge in [-0.2, -0.15) is 5.26 Å². The summed E-state index contributed by atoms with van der Waals surface area (Å²) in [5.74, 6) is -0.497. The Balaban J connectivity index is 2.27. The SMILES string of the molecule is COc1cc([N+](=O)[O-])ccc1NC(=O)/C(C#N)=C/c1ccccc1. The highest BCUT2D eigenvalue weighted by Gasteiger charge is 2.15. The fourth-order valence-electron chi connectivity index (χ4n) is 1.95. The van der Waals surface area contributed by atoms with Gasteiger partial charge in [0.25, 0.3) is 11.6 Å². The van der Waals surface area contributed by atoms with Crippen LogP contribution in [0.3, 0.4) is 0 Å². The van der Waals surface area contributed by atoms with Crippen LogP contribution in [0.5, 0.6) is 5.75 Å². The lowest BCUT2D eigenvalue weighted by Crippen LogP contribution is -2.14. The summed E-state index contributed by atoms with van der Waals surface area (Å²) in [5.41, 5.74) is 0.689. The van der Waals surface area contributed by atoms with E-state index in [1.54, 1.807) is 24.3 Å². The number of hydrogen-bond donors (Lipinski definition) is 1. The standard InChI is InChI=1S/C17H13N3O4/c1-24-16-10-14(20(22)23)7-8-15(16)19-17(21)13(11-18)9-12-5-3-2-4-6-12/h2-10H,1H3,(H,19,21)/b13-9+. The van der Waals surface area contributed by atoms with Crippen molar-refractivity contribution in [3.63, 3.8) is 0 Å². The minimum absolute atomic E-state index is 0.0957. The van der Waals surface area contributed by atoms with Crippen molar-refractivity contribution in [3.05, 3.63) is 69.8 Å². The minimum atomic E-state index is -0.631. The maximum Gasteiger partial charge on any atom is 0.273 e. The molecule has 0 aliphatic heterocycles. The van der Waals surface area contributed by atoms with Gasteiger partial charge in [-0.25, -0.2) is 0 Å². The van der Waals surface area contributed by atoms with Crippen LogP contribution in [-0.4, -0.2) is 17.9 Å². The monoisotopic (exact) mass is 323 g/mol. The first kappa shape index (κ1) is 16.7. The predicted octanol–water partition coefficient (Wildman–Crippen LogP) is 3.15. The molecule has 0 bridgehead atoms. The number of anilines is 1. The lowest BCUT2D eigenvalue weighted by atomic mass is 10.1. The van der Waals surface area contributed by atoms with Crippen molar-refractivity contribution in [2.45, 2.75) is 0 Å². The largest absolute Gasteiger partial charge is 0.494 e. The van der Waals surface area contributed by atoms with Gasteiger partial charge in [-0.15, -0.1) is 0 Å². The van der Waals surface area contributed by atoms with Crippen molar-refractivity contribution in [1.82, 2.24) is 0 Å². The zero-order chi connectivity index (χ0) is 17.5. The summed E-state index contributed by atoms with van der Waals surface area (Å²) >= 11 is 0. The van der Waals surface area contributed by atoms with Crippen molar-refractivity contribution >= 4 is 23.4 Å². The quantitative estimate of drug-likeness (QED) is 0.394. The topological polar surface area (TPSA) is 105 Å². The number of nitrogens with one attached hydrogen (secondary N) is 1. The van der Waals surface area contributed by atoms with E-state index in [0.717, 1.165) is 0 Å². The maximum atomic E-state index is 12.2. The number of benzene rings is 2. The molecule has 2 aromatic rings. The van der Waals surface area contributed by atoms with Crippen molar-refractivity contribution in [2.75, 3.05) is 12.4 Å². The molecule has 0 atom stereocenters. The molecule has 0 saturated carbocycles. The number of ether oxygens (including phenoxy) is 1. The molecule has 120 valence electrons. The number of non-ortho nitro benzene ring substituents is 1. The summed E-state index contributed by atoms with van der Waals surface area (Å²) in [7, 11) is 1.33. The molecule has 0 fully saturated rings. The first-order chi connectivity index (χ1) is 11.5. The summed E-state index contributed by atoms with van der Waals surface area (Å²) in [6, 6.07) is 14.6. The molecule has 1 amide bonds. The van der Waals surface area contributed by atoms with E-state index in [1.807, 2.05) is 12.1 Å². The van der Waals surface area contributed by atoms with Crippen LogP contribution >= 0.6 is 0 Å². The zero-order valence-electron chi connectivity index (χ0n) is 12.7. The molecule has 0 heterocycles. The Morgan fingerprint density at radius 1 is 1.29 bits per heavy atom. The molecular formula is C17H13N3O4. The number of nitro groups is 1. The van der Waals surface area contributed by atoms with Crippen LogP contribution in [0, 0.1) is 21.4 Å². The highest BCUT2D eigenvalue weighted by atomic mass is 16.6. The third kappa shape index (κ3) is 3.96. The van der Waals surface area contributed by atoms with Gasteiger partial charge in [-0.1, -0.05) is 30.3 Å². The first-order valence-corrected chi connectivity index (χ1v) is 6.85. The van der Waals surface area contributed by atoms with Gasteiger partial charge in [-0.05, 0) is 17.7 Å². The van der Waals surface area contributed by atoms with Crippen LogP contribution in [-0.2, 0) is 4.79 Å². The number of nitro benzene ring substituents is 1. The highest BCUT2D eigenvalue weighted by molar-refractivity contribution is 6.10. The van der Waals surface area contributed by atoms with Crippen molar-refractivity contribution in [2.24, 2.45) is 0 Å². The van der Waals surface area contributed by atoms with Gasteiger partial charge >= 0.3 is 0 Å². The molecule has 0 aliphatic carbocycles. The van der Waals surface area contributed by atoms with E-state index in [4.69, 9.17) is 4.74 Å². The molecule has 0 aliphatic rings. The molecule has 0 aromatic heterocycles. The number of nitrogens with zero attached hydrogens (tertiary/aromatic N) is 2. The Morgan fingerprint density at radius 2 is 2.00 bits per heavy atom. The van der Waals surface area contributed by atoms with Crippen molar-refractivity contribution < 1.29 is 14.5 Å². The summed E-state index contributed by atoms with van der Waals surface area (Å²) in [4.78, 5) is 22.4. The number of methoxy groups -OCH3 is 1. The molecule has 7 nitrogen and oxygen atoms in total. The minimum Gasteiger partial charge on any atom is -0.494 e. The summed E-state index contributed by atoms with van der Waals surface area (Å²) < 4.78 is 5.05. The third-order valence-electron chi connectivity index (χ3n) is 3.12. The van der Waals surface area contributed by atoms with Gasteiger partial charge in [0.1, 0.15) is 17.4 Å². The molecule has 2 rings (SSSR count). The van der Waals surface area contributed by atoms with Crippen molar-refractivity contribution in [1.29, 1.82) is 5.26 Å². The molecule has 0 spiro atoms. The smallest absolute Gasteiger partial charge is 0.273 e. The van der Waals surface area contributed by atoms with E-state index in [0.29, 0.717) is 5.56 Å². The van der Waals surface area contributed by atoms with Gasteiger partial charge in [0, 0.05) is 6.07 Å². The molecule has 7 heteroatoms. The first-order valence-electron chi connectivity index (χ1n) is 6.85. The second-order valence-corrected chi connectivity index (χ2v) is 4.68. The van der Waals surface area contributed by atoms with E-state index in [1.165, 1.54) is 31.4 Å². The Kier molecular flexibility index (Phi) is 5.26. The molecule has 0 saturated heterocycles. The number of carbonyl (C=O) groups is 1. The Hall–Kier alpha value is -3.66. The van der Waals surface area contributed by atoms with Crippen molar-refractivity contribution in [3.8, 4) is 11.8 Å². The third-order valence-corrected chi connectivity index (χ3v) is 3.12. The predicted molar refractivity (Wildman–Crippen MR) is 88.3 cm³/mol. The van der Waals surface area contributed by atoms with Gasteiger partial charge < -0.3 is 10.1 Å².